The lowest BCUT2D eigenvalue weighted by molar-refractivity contribution is -0.119. The number of benzene rings is 1. The second-order valence-corrected chi connectivity index (χ2v) is 7.87. The van der Waals surface area contributed by atoms with E-state index < -0.39 is 10.0 Å². The van der Waals surface area contributed by atoms with Crippen molar-refractivity contribution in [2.24, 2.45) is 5.92 Å². The second-order valence-electron chi connectivity index (χ2n) is 6.11. The largest absolute Gasteiger partial charge is 0.360 e. The molecule has 1 saturated carbocycles. The molecule has 0 atom stereocenters. The SMILES string of the molecule is O=C(C1CC1)N1CCc2ccc(S(=O)(=O)NCc3ccno3)cc21. The summed E-state index contributed by atoms with van der Waals surface area (Å²) < 4.78 is 32.3. The van der Waals surface area contributed by atoms with Crippen LogP contribution in [0.1, 0.15) is 24.2 Å². The summed E-state index contributed by atoms with van der Waals surface area (Å²) >= 11 is 0. The monoisotopic (exact) mass is 347 g/mol. The molecule has 7 nitrogen and oxygen atoms in total. The predicted octanol–water partition coefficient (Wildman–Crippen LogP) is 1.45. The van der Waals surface area contributed by atoms with E-state index in [1.54, 1.807) is 29.2 Å². The Morgan fingerprint density at radius 1 is 1.33 bits per heavy atom. The van der Waals surface area contributed by atoms with Gasteiger partial charge in [-0.3, -0.25) is 4.79 Å². The smallest absolute Gasteiger partial charge is 0.241 e. The molecule has 1 fully saturated rings. The van der Waals surface area contributed by atoms with Gasteiger partial charge in [0.1, 0.15) is 0 Å². The lowest BCUT2D eigenvalue weighted by Gasteiger charge is -2.18. The number of amides is 1. The first-order chi connectivity index (χ1) is 11.5. The van der Waals surface area contributed by atoms with Crippen molar-refractivity contribution in [3.8, 4) is 0 Å². The maximum absolute atomic E-state index is 12.5. The Morgan fingerprint density at radius 2 is 2.17 bits per heavy atom. The Hall–Kier alpha value is -2.19. The minimum absolute atomic E-state index is 0.0319. The Labute approximate surface area is 139 Å². The third-order valence-corrected chi connectivity index (χ3v) is 5.78. The quantitative estimate of drug-likeness (QED) is 0.884. The van der Waals surface area contributed by atoms with Crippen molar-refractivity contribution in [1.82, 2.24) is 9.88 Å². The zero-order valence-corrected chi connectivity index (χ0v) is 13.8. The highest BCUT2D eigenvalue weighted by molar-refractivity contribution is 7.89. The molecule has 0 bridgehead atoms. The molecule has 4 rings (SSSR count). The van der Waals surface area contributed by atoms with Crippen LogP contribution in [0.3, 0.4) is 0 Å². The minimum Gasteiger partial charge on any atom is -0.360 e. The van der Waals surface area contributed by atoms with E-state index in [0.29, 0.717) is 12.3 Å². The first-order valence-electron chi connectivity index (χ1n) is 7.88. The molecule has 1 aromatic carbocycles. The molecule has 0 unspecified atom stereocenters. The lowest BCUT2D eigenvalue weighted by Crippen LogP contribution is -2.30. The third kappa shape index (κ3) is 2.83. The molecule has 2 heterocycles. The molecule has 1 N–H and O–H groups in total. The maximum atomic E-state index is 12.5. The summed E-state index contributed by atoms with van der Waals surface area (Å²) in [6, 6.07) is 6.55. The molecule has 126 valence electrons. The van der Waals surface area contributed by atoms with E-state index in [4.69, 9.17) is 4.52 Å². The molecule has 0 radical (unpaired) electrons. The second kappa shape index (κ2) is 5.71. The van der Waals surface area contributed by atoms with Crippen LogP contribution in [0.4, 0.5) is 5.69 Å². The van der Waals surface area contributed by atoms with Gasteiger partial charge >= 0.3 is 0 Å². The van der Waals surface area contributed by atoms with Gasteiger partial charge in [0.2, 0.25) is 15.9 Å². The molecule has 1 aliphatic heterocycles. The average Bonchev–Trinajstić information content (AvgIpc) is 3.13. The summed E-state index contributed by atoms with van der Waals surface area (Å²) in [6.45, 7) is 0.657. The van der Waals surface area contributed by atoms with Crippen LogP contribution in [0.5, 0.6) is 0 Å². The van der Waals surface area contributed by atoms with E-state index in [2.05, 4.69) is 9.88 Å². The summed E-state index contributed by atoms with van der Waals surface area (Å²) in [5.41, 5.74) is 1.73. The molecule has 0 spiro atoms. The summed E-state index contributed by atoms with van der Waals surface area (Å²) in [7, 11) is -3.69. The number of sulfonamides is 1. The number of carbonyl (C=O) groups excluding carboxylic acids is 1. The van der Waals surface area contributed by atoms with Gasteiger partial charge in [0.25, 0.3) is 0 Å². The van der Waals surface area contributed by atoms with Crippen LogP contribution in [0, 0.1) is 5.92 Å². The molecule has 24 heavy (non-hydrogen) atoms. The fourth-order valence-corrected chi connectivity index (χ4v) is 3.90. The average molecular weight is 347 g/mol. The molecule has 1 amide bonds. The fourth-order valence-electron chi connectivity index (χ4n) is 2.89. The van der Waals surface area contributed by atoms with Gasteiger partial charge in [0.05, 0.1) is 17.6 Å². The highest BCUT2D eigenvalue weighted by atomic mass is 32.2. The number of nitrogens with zero attached hydrogens (tertiary/aromatic N) is 2. The minimum atomic E-state index is -3.69. The van der Waals surface area contributed by atoms with Gasteiger partial charge < -0.3 is 9.42 Å². The van der Waals surface area contributed by atoms with Crippen LogP contribution >= 0.6 is 0 Å². The van der Waals surface area contributed by atoms with Crippen molar-refractivity contribution in [3.05, 3.63) is 41.8 Å². The standard InChI is InChI=1S/C16H17N3O4S/c20-16(12-1-2-12)19-8-6-11-3-4-14(9-15(11)19)24(21,22)18-10-13-5-7-17-23-13/h3-5,7,9,12,18H,1-2,6,8,10H2. The van der Waals surface area contributed by atoms with Crippen molar-refractivity contribution in [3.63, 3.8) is 0 Å². The van der Waals surface area contributed by atoms with Crippen molar-refractivity contribution in [2.45, 2.75) is 30.7 Å². The number of aromatic nitrogens is 1. The van der Waals surface area contributed by atoms with E-state index in [9.17, 15) is 13.2 Å². The molecular formula is C16H17N3O4S. The molecule has 8 heteroatoms. The van der Waals surface area contributed by atoms with Gasteiger partial charge in [-0.15, -0.1) is 0 Å². The number of nitrogens with one attached hydrogen (secondary N) is 1. The summed E-state index contributed by atoms with van der Waals surface area (Å²) in [5, 5.41) is 3.54. The van der Waals surface area contributed by atoms with Gasteiger partial charge in [-0.25, -0.2) is 13.1 Å². The summed E-state index contributed by atoms with van der Waals surface area (Å²) in [5.74, 6) is 0.656. The Kier molecular flexibility index (Phi) is 3.65. The molecule has 0 saturated heterocycles. The van der Waals surface area contributed by atoms with Crippen LogP contribution in [-0.2, 0) is 27.8 Å². The zero-order chi connectivity index (χ0) is 16.7. The van der Waals surface area contributed by atoms with Gasteiger partial charge in [-0.2, -0.15) is 0 Å². The molecule has 2 aliphatic rings. The number of hydrogen-bond acceptors (Lipinski definition) is 5. The van der Waals surface area contributed by atoms with Crippen molar-refractivity contribution in [1.29, 1.82) is 0 Å². The van der Waals surface area contributed by atoms with E-state index in [1.807, 2.05) is 0 Å². The van der Waals surface area contributed by atoms with E-state index >= 15 is 0 Å². The highest BCUT2D eigenvalue weighted by Crippen LogP contribution is 2.37. The number of hydrogen-bond donors (Lipinski definition) is 1. The normalized spacial score (nSPS) is 17.1. The van der Waals surface area contributed by atoms with Crippen LogP contribution in [0.2, 0.25) is 0 Å². The number of anilines is 1. The van der Waals surface area contributed by atoms with Gasteiger partial charge in [-0.05, 0) is 37.0 Å². The Balaban J connectivity index is 1.57. The highest BCUT2D eigenvalue weighted by Gasteiger charge is 2.36. The predicted molar refractivity (Wildman–Crippen MR) is 85.8 cm³/mol. The maximum Gasteiger partial charge on any atom is 0.241 e. The number of carbonyl (C=O) groups is 1. The van der Waals surface area contributed by atoms with Crippen molar-refractivity contribution in [2.75, 3.05) is 11.4 Å². The third-order valence-electron chi connectivity index (χ3n) is 4.38. The lowest BCUT2D eigenvalue weighted by atomic mass is 10.2. The molecular weight excluding hydrogens is 330 g/mol. The van der Waals surface area contributed by atoms with E-state index in [1.165, 1.54) is 6.20 Å². The molecule has 2 aromatic rings. The first-order valence-corrected chi connectivity index (χ1v) is 9.36. The van der Waals surface area contributed by atoms with E-state index in [0.717, 1.165) is 30.5 Å². The first kappa shape index (κ1) is 15.3. The molecule has 1 aromatic heterocycles. The number of fused-ring (bicyclic) bond motifs is 1. The fraction of sp³-hybridized carbons (Fsp3) is 0.375. The van der Waals surface area contributed by atoms with Crippen LogP contribution in [0.25, 0.3) is 0 Å². The summed E-state index contributed by atoms with van der Waals surface area (Å²) in [6.07, 6.45) is 4.09. The van der Waals surface area contributed by atoms with Gasteiger partial charge in [0.15, 0.2) is 5.76 Å². The Morgan fingerprint density at radius 3 is 2.88 bits per heavy atom. The van der Waals surface area contributed by atoms with Crippen molar-refractivity contribution >= 4 is 21.6 Å². The van der Waals surface area contributed by atoms with Gasteiger partial charge in [-0.1, -0.05) is 11.2 Å². The zero-order valence-electron chi connectivity index (χ0n) is 12.9. The van der Waals surface area contributed by atoms with Crippen LogP contribution in [0.15, 0.2) is 39.9 Å². The van der Waals surface area contributed by atoms with Crippen LogP contribution < -0.4 is 9.62 Å². The summed E-state index contributed by atoms with van der Waals surface area (Å²) in [4.78, 5) is 14.2. The topological polar surface area (TPSA) is 92.5 Å². The van der Waals surface area contributed by atoms with E-state index in [-0.39, 0.29) is 23.3 Å². The Bertz CT molecular complexity index is 873. The van der Waals surface area contributed by atoms with Gasteiger partial charge in [0, 0.05) is 24.2 Å². The van der Waals surface area contributed by atoms with Crippen molar-refractivity contribution < 1.29 is 17.7 Å². The van der Waals surface area contributed by atoms with Crippen LogP contribution in [-0.4, -0.2) is 26.0 Å². The molecule has 1 aliphatic carbocycles. The number of rotatable bonds is 5.